The van der Waals surface area contributed by atoms with E-state index in [1.807, 2.05) is 0 Å². The van der Waals surface area contributed by atoms with Crippen LogP contribution < -0.4 is 0 Å². The average molecular weight is 197 g/mol. The first kappa shape index (κ1) is 9.65. The molecular weight excluding hydrogens is 182 g/mol. The summed E-state index contributed by atoms with van der Waals surface area (Å²) in [5.41, 5.74) is 0. The van der Waals surface area contributed by atoms with Crippen LogP contribution in [0.4, 0.5) is 0 Å². The van der Waals surface area contributed by atoms with Gasteiger partial charge in [0.1, 0.15) is 0 Å². The van der Waals surface area contributed by atoms with Gasteiger partial charge in [-0.1, -0.05) is 0 Å². The molecule has 0 aromatic heterocycles. The van der Waals surface area contributed by atoms with E-state index in [0.29, 0.717) is 19.1 Å². The fourth-order valence-electron chi connectivity index (χ4n) is 2.57. The van der Waals surface area contributed by atoms with Crippen molar-refractivity contribution in [1.82, 2.24) is 4.90 Å². The van der Waals surface area contributed by atoms with Gasteiger partial charge in [0, 0.05) is 18.6 Å². The highest BCUT2D eigenvalue weighted by atomic mass is 16.5. The van der Waals surface area contributed by atoms with Crippen molar-refractivity contribution in [2.24, 2.45) is 5.92 Å². The van der Waals surface area contributed by atoms with Crippen molar-refractivity contribution in [3.8, 4) is 0 Å². The van der Waals surface area contributed by atoms with Crippen LogP contribution in [0.2, 0.25) is 0 Å². The van der Waals surface area contributed by atoms with Gasteiger partial charge < -0.3 is 9.64 Å². The van der Waals surface area contributed by atoms with Crippen molar-refractivity contribution in [3.63, 3.8) is 0 Å². The van der Waals surface area contributed by atoms with E-state index in [9.17, 15) is 9.59 Å². The highest BCUT2D eigenvalue weighted by Gasteiger charge is 2.43. The molecule has 14 heavy (non-hydrogen) atoms. The Hall–Kier alpha value is -0.900. The molecular formula is C10H15NO3. The van der Waals surface area contributed by atoms with Gasteiger partial charge in [0.05, 0.1) is 12.6 Å². The van der Waals surface area contributed by atoms with Crippen LogP contribution in [-0.4, -0.2) is 42.4 Å². The summed E-state index contributed by atoms with van der Waals surface area (Å²) in [5.74, 6) is 0.453. The van der Waals surface area contributed by atoms with Gasteiger partial charge in [-0.05, 0) is 19.8 Å². The number of likely N-dealkylation sites (tertiary alicyclic amines) is 1. The summed E-state index contributed by atoms with van der Waals surface area (Å²) < 4.78 is 5.35. The summed E-state index contributed by atoms with van der Waals surface area (Å²) in [6.07, 6.45) is 2.47. The van der Waals surface area contributed by atoms with Gasteiger partial charge in [-0.3, -0.25) is 9.59 Å². The lowest BCUT2D eigenvalue weighted by molar-refractivity contribution is -0.130. The van der Waals surface area contributed by atoms with E-state index in [2.05, 4.69) is 0 Å². The number of ketones is 1. The Bertz CT molecular complexity index is 254. The predicted octanol–water partition coefficient (Wildman–Crippen LogP) is 0.211. The molecule has 4 heteroatoms. The summed E-state index contributed by atoms with van der Waals surface area (Å²) in [5, 5.41) is 0. The smallest absolute Gasteiger partial charge is 0.210 e. The second-order valence-corrected chi connectivity index (χ2v) is 4.11. The minimum atomic E-state index is -0.204. The predicted molar refractivity (Wildman–Crippen MR) is 49.7 cm³/mol. The topological polar surface area (TPSA) is 46.6 Å². The number of carbonyl (C=O) groups is 2. The van der Waals surface area contributed by atoms with Gasteiger partial charge in [0.25, 0.3) is 0 Å². The van der Waals surface area contributed by atoms with Crippen LogP contribution in [0.1, 0.15) is 19.8 Å². The molecule has 3 atom stereocenters. The number of hydrogen-bond acceptors (Lipinski definition) is 3. The summed E-state index contributed by atoms with van der Waals surface area (Å²) in [6, 6.07) is 0.0272. The van der Waals surface area contributed by atoms with Crippen molar-refractivity contribution in [3.05, 3.63) is 0 Å². The number of fused-ring (bicyclic) bond motifs is 1. The summed E-state index contributed by atoms with van der Waals surface area (Å²) >= 11 is 0. The average Bonchev–Trinajstić information content (AvgIpc) is 2.56. The van der Waals surface area contributed by atoms with Gasteiger partial charge in [0.2, 0.25) is 6.41 Å². The molecule has 0 N–H and O–H groups in total. The number of Topliss-reactive ketones (excluding diaryl/α,β-unsaturated/α-hetero) is 1. The Morgan fingerprint density at radius 1 is 1.57 bits per heavy atom. The number of rotatable bonds is 2. The van der Waals surface area contributed by atoms with E-state index in [1.165, 1.54) is 0 Å². The van der Waals surface area contributed by atoms with Gasteiger partial charge in [-0.25, -0.2) is 0 Å². The van der Waals surface area contributed by atoms with Crippen molar-refractivity contribution >= 4 is 12.2 Å². The maximum atomic E-state index is 11.3. The lowest BCUT2D eigenvalue weighted by atomic mass is 9.95. The highest BCUT2D eigenvalue weighted by Crippen LogP contribution is 2.33. The first-order valence-corrected chi connectivity index (χ1v) is 5.05. The molecule has 3 unspecified atom stereocenters. The second kappa shape index (κ2) is 3.69. The van der Waals surface area contributed by atoms with Crippen LogP contribution in [0.15, 0.2) is 0 Å². The molecule has 2 aliphatic heterocycles. The third kappa shape index (κ3) is 1.43. The molecule has 2 fully saturated rings. The molecule has 2 aliphatic rings. The molecule has 0 aliphatic carbocycles. The molecule has 2 saturated heterocycles. The van der Waals surface area contributed by atoms with E-state index in [4.69, 9.17) is 4.74 Å². The molecule has 0 saturated carbocycles. The Labute approximate surface area is 83.2 Å². The van der Waals surface area contributed by atoms with Gasteiger partial charge >= 0.3 is 0 Å². The van der Waals surface area contributed by atoms with Crippen LogP contribution in [0.5, 0.6) is 0 Å². The number of amides is 1. The number of carbonyl (C=O) groups excluding carboxylic acids is 2. The summed E-state index contributed by atoms with van der Waals surface area (Å²) in [4.78, 5) is 23.9. The van der Waals surface area contributed by atoms with E-state index in [0.717, 1.165) is 19.3 Å². The van der Waals surface area contributed by atoms with E-state index in [-0.39, 0.29) is 17.9 Å². The molecule has 78 valence electrons. The Kier molecular flexibility index (Phi) is 2.54. The number of hydrogen-bond donors (Lipinski definition) is 0. The monoisotopic (exact) mass is 197 g/mol. The van der Waals surface area contributed by atoms with E-state index in [1.54, 1.807) is 11.8 Å². The normalized spacial score (nSPS) is 36.6. The Morgan fingerprint density at radius 2 is 2.36 bits per heavy atom. The molecule has 2 rings (SSSR count). The van der Waals surface area contributed by atoms with Crippen LogP contribution in [0, 0.1) is 5.92 Å². The first-order chi connectivity index (χ1) is 6.74. The van der Waals surface area contributed by atoms with E-state index >= 15 is 0 Å². The largest absolute Gasteiger partial charge is 0.381 e. The third-order valence-electron chi connectivity index (χ3n) is 3.29. The van der Waals surface area contributed by atoms with Gasteiger partial charge in [-0.15, -0.1) is 0 Å². The number of ether oxygens (including phenoxy) is 1. The molecule has 0 spiro atoms. The third-order valence-corrected chi connectivity index (χ3v) is 3.29. The zero-order valence-electron chi connectivity index (χ0n) is 8.31. The highest BCUT2D eigenvalue weighted by molar-refractivity contribution is 5.84. The van der Waals surface area contributed by atoms with Crippen molar-refractivity contribution in [2.75, 3.05) is 13.2 Å². The van der Waals surface area contributed by atoms with Gasteiger partial charge in [-0.2, -0.15) is 0 Å². The maximum absolute atomic E-state index is 11.3. The molecule has 0 radical (unpaired) electrons. The number of nitrogens with zero attached hydrogens (tertiary/aromatic N) is 1. The zero-order valence-corrected chi connectivity index (χ0v) is 8.31. The molecule has 0 bridgehead atoms. The Balaban J connectivity index is 2.16. The van der Waals surface area contributed by atoms with Crippen LogP contribution in [-0.2, 0) is 14.3 Å². The van der Waals surface area contributed by atoms with Crippen molar-refractivity contribution in [1.29, 1.82) is 0 Å². The minimum Gasteiger partial charge on any atom is -0.381 e. The van der Waals surface area contributed by atoms with E-state index < -0.39 is 0 Å². The maximum Gasteiger partial charge on any atom is 0.210 e. The fourth-order valence-corrected chi connectivity index (χ4v) is 2.57. The molecule has 2 heterocycles. The van der Waals surface area contributed by atoms with Crippen molar-refractivity contribution < 1.29 is 14.3 Å². The SMILES string of the molecule is CC(=O)C1CC2COCCC2N1C=O. The molecule has 0 aromatic carbocycles. The van der Waals surface area contributed by atoms with Crippen molar-refractivity contribution in [2.45, 2.75) is 31.8 Å². The standard InChI is InChI=1S/C10H15NO3/c1-7(13)10-4-8-5-14-3-2-9(8)11(10)6-12/h6,8-10H,2-5H2,1H3. The lowest BCUT2D eigenvalue weighted by Crippen LogP contribution is -2.42. The molecule has 0 aromatic rings. The van der Waals surface area contributed by atoms with Crippen LogP contribution in [0.25, 0.3) is 0 Å². The molecule has 4 nitrogen and oxygen atoms in total. The zero-order chi connectivity index (χ0) is 10.1. The first-order valence-electron chi connectivity index (χ1n) is 5.05. The minimum absolute atomic E-state index is 0.0894. The fraction of sp³-hybridized carbons (Fsp3) is 0.800. The molecule has 1 amide bonds. The van der Waals surface area contributed by atoms with Gasteiger partial charge in [0.15, 0.2) is 5.78 Å². The summed E-state index contributed by atoms with van der Waals surface area (Å²) in [6.45, 7) is 2.95. The second-order valence-electron chi connectivity index (χ2n) is 4.11. The van der Waals surface area contributed by atoms with Crippen LogP contribution >= 0.6 is 0 Å². The lowest BCUT2D eigenvalue weighted by Gasteiger charge is -2.30. The van der Waals surface area contributed by atoms with Crippen LogP contribution in [0.3, 0.4) is 0 Å². The summed E-state index contributed by atoms with van der Waals surface area (Å²) in [7, 11) is 0. The quantitative estimate of drug-likeness (QED) is 0.594. The Morgan fingerprint density at radius 3 is 3.00 bits per heavy atom.